The number of anilines is 1. The molecule has 1 aliphatic carbocycles. The van der Waals surface area contributed by atoms with E-state index in [0.717, 1.165) is 30.3 Å². The Kier molecular flexibility index (Phi) is 3.61. The van der Waals surface area contributed by atoms with E-state index in [1.165, 1.54) is 30.6 Å². The molecular weight excluding hydrogens is 246 g/mol. The maximum atomic E-state index is 11.9. The lowest BCUT2D eigenvalue weighted by molar-refractivity contribution is -0.117. The number of amides is 1. The topological polar surface area (TPSA) is 54.0 Å². The summed E-state index contributed by atoms with van der Waals surface area (Å²) in [6.45, 7) is 1.89. The van der Waals surface area contributed by atoms with Crippen molar-refractivity contribution >= 4 is 22.4 Å². The van der Waals surface area contributed by atoms with E-state index >= 15 is 0 Å². The summed E-state index contributed by atoms with van der Waals surface area (Å²) in [5, 5.41) is 7.07. The lowest BCUT2D eigenvalue weighted by atomic mass is 10.0. The van der Waals surface area contributed by atoms with Crippen molar-refractivity contribution in [1.29, 1.82) is 0 Å². The Morgan fingerprint density at radius 1 is 1.44 bits per heavy atom. The van der Waals surface area contributed by atoms with E-state index in [0.29, 0.717) is 12.3 Å². The first-order valence-corrected chi connectivity index (χ1v) is 7.62. The summed E-state index contributed by atoms with van der Waals surface area (Å²) >= 11 is 1.62. The molecule has 0 unspecified atom stereocenters. The Balaban J connectivity index is 1.58. The maximum absolute atomic E-state index is 11.9. The second kappa shape index (κ2) is 5.36. The average Bonchev–Trinajstić information content (AvgIpc) is 2.96. The molecular formula is C13H19N3OS. The third-order valence-corrected chi connectivity index (χ3v) is 4.81. The molecule has 1 aromatic heterocycles. The molecule has 3 rings (SSSR count). The molecule has 2 aliphatic rings. The second-order valence-corrected chi connectivity index (χ2v) is 6.30. The Bertz CT molecular complexity index is 414. The molecule has 0 aromatic carbocycles. The lowest BCUT2D eigenvalue weighted by Crippen LogP contribution is -2.22. The van der Waals surface area contributed by atoms with Crippen LogP contribution in [-0.4, -0.2) is 17.4 Å². The third-order valence-electron chi connectivity index (χ3n) is 3.80. The normalized spacial score (nSPS) is 19.8. The highest BCUT2D eigenvalue weighted by Gasteiger charge is 2.20. The van der Waals surface area contributed by atoms with E-state index in [-0.39, 0.29) is 5.91 Å². The van der Waals surface area contributed by atoms with Crippen LogP contribution in [0.5, 0.6) is 0 Å². The summed E-state index contributed by atoms with van der Waals surface area (Å²) in [7, 11) is 0. The van der Waals surface area contributed by atoms with Crippen molar-refractivity contribution in [3.05, 3.63) is 10.6 Å². The molecule has 18 heavy (non-hydrogen) atoms. The number of fused-ring (bicyclic) bond motifs is 1. The van der Waals surface area contributed by atoms with Crippen molar-refractivity contribution in [1.82, 2.24) is 10.3 Å². The van der Waals surface area contributed by atoms with Crippen molar-refractivity contribution in [2.75, 3.05) is 11.9 Å². The van der Waals surface area contributed by atoms with Gasteiger partial charge in [0, 0.05) is 30.8 Å². The Labute approximate surface area is 111 Å². The van der Waals surface area contributed by atoms with Gasteiger partial charge in [0.05, 0.1) is 5.69 Å². The fourth-order valence-corrected chi connectivity index (χ4v) is 3.82. The second-order valence-electron chi connectivity index (χ2n) is 5.22. The van der Waals surface area contributed by atoms with Crippen LogP contribution in [-0.2, 0) is 17.8 Å². The Morgan fingerprint density at radius 2 is 2.28 bits per heavy atom. The zero-order valence-electron chi connectivity index (χ0n) is 10.5. The number of nitrogens with zero attached hydrogens (tertiary/aromatic N) is 1. The van der Waals surface area contributed by atoms with Crippen molar-refractivity contribution in [2.24, 2.45) is 5.92 Å². The molecule has 2 N–H and O–H groups in total. The first-order valence-electron chi connectivity index (χ1n) is 6.80. The predicted octanol–water partition coefficient (Wildman–Crippen LogP) is 2.31. The van der Waals surface area contributed by atoms with E-state index < -0.39 is 0 Å². The molecule has 98 valence electrons. The molecule has 1 amide bonds. The third kappa shape index (κ3) is 2.72. The summed E-state index contributed by atoms with van der Waals surface area (Å²) in [5.41, 5.74) is 1.16. The molecule has 0 radical (unpaired) electrons. The monoisotopic (exact) mass is 265 g/mol. The number of carbonyl (C=O) groups excluding carboxylic acids is 1. The molecule has 0 bridgehead atoms. The molecule has 0 atom stereocenters. The van der Waals surface area contributed by atoms with Crippen LogP contribution in [0.3, 0.4) is 0 Å². The smallest absolute Gasteiger partial charge is 0.226 e. The van der Waals surface area contributed by atoms with Gasteiger partial charge in [0.25, 0.3) is 0 Å². The van der Waals surface area contributed by atoms with E-state index in [1.54, 1.807) is 11.3 Å². The highest BCUT2D eigenvalue weighted by molar-refractivity contribution is 7.15. The van der Waals surface area contributed by atoms with Gasteiger partial charge in [-0.25, -0.2) is 4.98 Å². The number of hydrogen-bond acceptors (Lipinski definition) is 4. The van der Waals surface area contributed by atoms with Crippen molar-refractivity contribution in [3.8, 4) is 0 Å². The summed E-state index contributed by atoms with van der Waals surface area (Å²) in [6.07, 6.45) is 6.65. The standard InChI is InChI=1S/C13H19N3OS/c17-12(7-9-3-1-2-4-9)16-13-15-10-5-6-14-8-11(10)18-13/h9,14H,1-8H2,(H,15,16,17). The minimum absolute atomic E-state index is 0.140. The highest BCUT2D eigenvalue weighted by atomic mass is 32.1. The maximum Gasteiger partial charge on any atom is 0.226 e. The van der Waals surface area contributed by atoms with Crippen molar-refractivity contribution in [2.45, 2.75) is 45.1 Å². The first-order chi connectivity index (χ1) is 8.81. The van der Waals surface area contributed by atoms with E-state index in [2.05, 4.69) is 15.6 Å². The van der Waals surface area contributed by atoms with Gasteiger partial charge >= 0.3 is 0 Å². The molecule has 1 aliphatic heterocycles. The fourth-order valence-electron chi connectivity index (χ4n) is 2.83. The quantitative estimate of drug-likeness (QED) is 0.882. The zero-order valence-corrected chi connectivity index (χ0v) is 11.3. The van der Waals surface area contributed by atoms with Crippen molar-refractivity contribution < 1.29 is 4.79 Å². The number of thiazole rings is 1. The number of rotatable bonds is 3. The van der Waals surface area contributed by atoms with Crippen LogP contribution in [0.4, 0.5) is 5.13 Å². The van der Waals surface area contributed by atoms with Gasteiger partial charge in [0.15, 0.2) is 5.13 Å². The molecule has 1 saturated carbocycles. The van der Waals surface area contributed by atoms with Crippen LogP contribution in [0, 0.1) is 5.92 Å². The van der Waals surface area contributed by atoms with E-state index in [9.17, 15) is 4.79 Å². The van der Waals surface area contributed by atoms with Gasteiger partial charge in [-0.05, 0) is 18.8 Å². The van der Waals surface area contributed by atoms with Crippen LogP contribution in [0.25, 0.3) is 0 Å². The zero-order chi connectivity index (χ0) is 12.4. The number of carbonyl (C=O) groups is 1. The number of nitrogens with one attached hydrogen (secondary N) is 2. The molecule has 5 heteroatoms. The molecule has 0 saturated heterocycles. The van der Waals surface area contributed by atoms with Crippen LogP contribution < -0.4 is 10.6 Å². The average molecular weight is 265 g/mol. The van der Waals surface area contributed by atoms with Gasteiger partial charge in [0.1, 0.15) is 0 Å². The summed E-state index contributed by atoms with van der Waals surface area (Å²) < 4.78 is 0. The van der Waals surface area contributed by atoms with Gasteiger partial charge in [-0.15, -0.1) is 11.3 Å². The molecule has 1 fully saturated rings. The first kappa shape index (κ1) is 12.1. The fraction of sp³-hybridized carbons (Fsp3) is 0.692. The number of aromatic nitrogens is 1. The summed E-state index contributed by atoms with van der Waals surface area (Å²) in [6, 6.07) is 0. The Hall–Kier alpha value is -0.940. The predicted molar refractivity (Wildman–Crippen MR) is 72.7 cm³/mol. The largest absolute Gasteiger partial charge is 0.311 e. The highest BCUT2D eigenvalue weighted by Crippen LogP contribution is 2.29. The van der Waals surface area contributed by atoms with Crippen LogP contribution in [0.15, 0.2) is 0 Å². The van der Waals surface area contributed by atoms with Gasteiger partial charge in [-0.3, -0.25) is 4.79 Å². The SMILES string of the molecule is O=C(CC1CCCC1)Nc1nc2c(s1)CNCC2. The van der Waals surface area contributed by atoms with Crippen LogP contribution >= 0.6 is 11.3 Å². The van der Waals surface area contributed by atoms with Gasteiger partial charge in [0.2, 0.25) is 5.91 Å². The Morgan fingerprint density at radius 3 is 3.06 bits per heavy atom. The molecule has 2 heterocycles. The summed E-state index contributed by atoms with van der Waals surface area (Å²) in [4.78, 5) is 17.7. The molecule has 4 nitrogen and oxygen atoms in total. The number of hydrogen-bond donors (Lipinski definition) is 2. The minimum atomic E-state index is 0.140. The van der Waals surface area contributed by atoms with Crippen LogP contribution in [0.2, 0.25) is 0 Å². The van der Waals surface area contributed by atoms with Gasteiger partial charge < -0.3 is 10.6 Å². The van der Waals surface area contributed by atoms with Crippen LogP contribution in [0.1, 0.15) is 42.7 Å². The minimum Gasteiger partial charge on any atom is -0.311 e. The lowest BCUT2D eigenvalue weighted by Gasteiger charge is -2.09. The summed E-state index contributed by atoms with van der Waals surface area (Å²) in [5.74, 6) is 0.738. The van der Waals surface area contributed by atoms with Gasteiger partial charge in [-0.1, -0.05) is 12.8 Å². The molecule has 0 spiro atoms. The molecule has 1 aromatic rings. The van der Waals surface area contributed by atoms with E-state index in [1.807, 2.05) is 0 Å². The van der Waals surface area contributed by atoms with Gasteiger partial charge in [-0.2, -0.15) is 0 Å². The van der Waals surface area contributed by atoms with E-state index in [4.69, 9.17) is 0 Å². The van der Waals surface area contributed by atoms with Crippen molar-refractivity contribution in [3.63, 3.8) is 0 Å².